The summed E-state index contributed by atoms with van der Waals surface area (Å²) in [4.78, 5) is 2.51. The second kappa shape index (κ2) is 6.66. The van der Waals surface area contributed by atoms with Crippen molar-refractivity contribution in [1.82, 2.24) is 10.2 Å². The van der Waals surface area contributed by atoms with Crippen LogP contribution in [0.1, 0.15) is 19.4 Å². The van der Waals surface area contributed by atoms with Gasteiger partial charge in [-0.3, -0.25) is 4.90 Å². The van der Waals surface area contributed by atoms with Crippen LogP contribution < -0.4 is 5.32 Å². The molecule has 0 bridgehead atoms. The van der Waals surface area contributed by atoms with E-state index in [4.69, 9.17) is 4.74 Å². The van der Waals surface area contributed by atoms with Gasteiger partial charge in [-0.25, -0.2) is 0 Å². The molecule has 2 unspecified atom stereocenters. The van der Waals surface area contributed by atoms with Crippen molar-refractivity contribution in [2.45, 2.75) is 38.5 Å². The van der Waals surface area contributed by atoms with Crippen molar-refractivity contribution in [3.63, 3.8) is 0 Å². The van der Waals surface area contributed by atoms with E-state index in [1.165, 1.54) is 5.56 Å². The SMILES string of the molecule is CNC(Cc1ccsc1)C1CN(C(C)C)CCO1. The van der Waals surface area contributed by atoms with Gasteiger partial charge in [-0.2, -0.15) is 11.3 Å². The van der Waals surface area contributed by atoms with E-state index < -0.39 is 0 Å². The van der Waals surface area contributed by atoms with E-state index >= 15 is 0 Å². The van der Waals surface area contributed by atoms with Crippen molar-refractivity contribution in [3.8, 4) is 0 Å². The minimum Gasteiger partial charge on any atom is -0.374 e. The Labute approximate surface area is 114 Å². The molecule has 2 rings (SSSR count). The van der Waals surface area contributed by atoms with Crippen LogP contribution in [0.3, 0.4) is 0 Å². The average molecular weight is 268 g/mol. The molecule has 1 aliphatic heterocycles. The first-order chi connectivity index (χ1) is 8.70. The summed E-state index contributed by atoms with van der Waals surface area (Å²) in [6, 6.07) is 3.22. The van der Waals surface area contributed by atoms with Gasteiger partial charge in [0.15, 0.2) is 0 Å². The molecule has 18 heavy (non-hydrogen) atoms. The molecule has 0 aromatic carbocycles. The zero-order valence-corrected chi connectivity index (χ0v) is 12.4. The van der Waals surface area contributed by atoms with E-state index in [9.17, 15) is 0 Å². The molecule has 4 heteroatoms. The van der Waals surface area contributed by atoms with Crippen LogP contribution in [0.4, 0.5) is 0 Å². The quantitative estimate of drug-likeness (QED) is 0.884. The number of thiophene rings is 1. The molecule has 2 heterocycles. The maximum absolute atomic E-state index is 5.96. The highest BCUT2D eigenvalue weighted by molar-refractivity contribution is 7.07. The van der Waals surface area contributed by atoms with E-state index in [0.717, 1.165) is 26.1 Å². The number of hydrogen-bond donors (Lipinski definition) is 1. The lowest BCUT2D eigenvalue weighted by Gasteiger charge is -2.38. The van der Waals surface area contributed by atoms with E-state index in [2.05, 4.69) is 40.9 Å². The highest BCUT2D eigenvalue weighted by atomic mass is 32.1. The topological polar surface area (TPSA) is 24.5 Å². The Hall–Kier alpha value is -0.420. The van der Waals surface area contributed by atoms with Gasteiger partial charge in [0, 0.05) is 25.2 Å². The Morgan fingerprint density at radius 2 is 2.39 bits per heavy atom. The van der Waals surface area contributed by atoms with E-state index in [1.54, 1.807) is 11.3 Å². The van der Waals surface area contributed by atoms with Crippen LogP contribution >= 0.6 is 11.3 Å². The van der Waals surface area contributed by atoms with Crippen LogP contribution in [-0.2, 0) is 11.2 Å². The number of likely N-dealkylation sites (N-methyl/N-ethyl adjacent to an activating group) is 1. The van der Waals surface area contributed by atoms with Crippen LogP contribution in [0.25, 0.3) is 0 Å². The molecule has 1 fully saturated rings. The van der Waals surface area contributed by atoms with Crippen molar-refractivity contribution in [2.75, 3.05) is 26.7 Å². The number of morpholine rings is 1. The zero-order chi connectivity index (χ0) is 13.0. The Balaban J connectivity index is 1.94. The number of rotatable bonds is 5. The standard InChI is InChI=1S/C14H24N2OS/c1-11(2)16-5-6-17-14(9-16)13(15-3)8-12-4-7-18-10-12/h4,7,10-11,13-15H,5-6,8-9H2,1-3H3. The largest absolute Gasteiger partial charge is 0.374 e. The van der Waals surface area contributed by atoms with Crippen molar-refractivity contribution in [3.05, 3.63) is 22.4 Å². The molecule has 0 spiro atoms. The lowest BCUT2D eigenvalue weighted by Crippen LogP contribution is -2.53. The third kappa shape index (κ3) is 3.54. The van der Waals surface area contributed by atoms with Crippen molar-refractivity contribution in [2.24, 2.45) is 0 Å². The first-order valence-corrected chi connectivity index (χ1v) is 7.69. The summed E-state index contributed by atoms with van der Waals surface area (Å²) in [5.74, 6) is 0. The number of hydrogen-bond acceptors (Lipinski definition) is 4. The first-order valence-electron chi connectivity index (χ1n) is 6.74. The summed E-state index contributed by atoms with van der Waals surface area (Å²) in [7, 11) is 2.04. The summed E-state index contributed by atoms with van der Waals surface area (Å²) in [5.41, 5.74) is 1.41. The fourth-order valence-corrected chi connectivity index (χ4v) is 3.17. The van der Waals surface area contributed by atoms with Gasteiger partial charge in [-0.1, -0.05) is 0 Å². The van der Waals surface area contributed by atoms with Gasteiger partial charge in [0.2, 0.25) is 0 Å². The van der Waals surface area contributed by atoms with Gasteiger partial charge in [0.1, 0.15) is 0 Å². The average Bonchev–Trinajstić information content (AvgIpc) is 2.89. The summed E-state index contributed by atoms with van der Waals surface area (Å²) in [5, 5.41) is 7.80. The van der Waals surface area contributed by atoms with Crippen molar-refractivity contribution < 1.29 is 4.74 Å². The lowest BCUT2D eigenvalue weighted by atomic mass is 10.0. The molecule has 0 saturated carbocycles. The first kappa shape index (κ1) is 14.0. The number of ether oxygens (including phenoxy) is 1. The van der Waals surface area contributed by atoms with Crippen molar-refractivity contribution >= 4 is 11.3 Å². The summed E-state index contributed by atoms with van der Waals surface area (Å²) < 4.78 is 5.96. The molecule has 2 atom stereocenters. The molecule has 102 valence electrons. The normalized spacial score (nSPS) is 23.4. The number of nitrogens with one attached hydrogen (secondary N) is 1. The summed E-state index contributed by atoms with van der Waals surface area (Å²) in [6.45, 7) is 7.46. The van der Waals surface area contributed by atoms with E-state index in [-0.39, 0.29) is 0 Å². The van der Waals surface area contributed by atoms with E-state index in [0.29, 0.717) is 18.2 Å². The molecule has 0 radical (unpaired) electrons. The minimum absolute atomic E-state index is 0.297. The van der Waals surface area contributed by atoms with Gasteiger partial charge in [0.05, 0.1) is 12.7 Å². The third-order valence-electron chi connectivity index (χ3n) is 3.71. The van der Waals surface area contributed by atoms with E-state index in [1.807, 2.05) is 7.05 Å². The molecule has 1 aliphatic rings. The van der Waals surface area contributed by atoms with Crippen LogP contribution in [0.5, 0.6) is 0 Å². The Morgan fingerprint density at radius 3 is 3.00 bits per heavy atom. The number of nitrogens with zero attached hydrogens (tertiary/aromatic N) is 1. The molecular weight excluding hydrogens is 244 g/mol. The summed E-state index contributed by atoms with van der Waals surface area (Å²) in [6.07, 6.45) is 1.35. The summed E-state index contributed by atoms with van der Waals surface area (Å²) >= 11 is 1.77. The third-order valence-corrected chi connectivity index (χ3v) is 4.44. The van der Waals surface area contributed by atoms with Crippen LogP contribution in [-0.4, -0.2) is 49.8 Å². The monoisotopic (exact) mass is 268 g/mol. The van der Waals surface area contributed by atoms with Gasteiger partial charge >= 0.3 is 0 Å². The molecule has 1 aromatic heterocycles. The predicted molar refractivity (Wildman–Crippen MR) is 77.3 cm³/mol. The molecule has 0 amide bonds. The predicted octanol–water partition coefficient (Wildman–Crippen LogP) is 1.99. The fraction of sp³-hybridized carbons (Fsp3) is 0.714. The maximum atomic E-state index is 5.96. The molecule has 1 saturated heterocycles. The Morgan fingerprint density at radius 1 is 1.56 bits per heavy atom. The Bertz CT molecular complexity index is 340. The molecule has 0 aliphatic carbocycles. The lowest BCUT2D eigenvalue weighted by molar-refractivity contribution is -0.0541. The van der Waals surface area contributed by atoms with Gasteiger partial charge < -0.3 is 10.1 Å². The fourth-order valence-electron chi connectivity index (χ4n) is 2.49. The second-order valence-electron chi connectivity index (χ2n) is 5.23. The van der Waals surface area contributed by atoms with Gasteiger partial charge in [0.25, 0.3) is 0 Å². The molecule has 3 nitrogen and oxygen atoms in total. The molecular formula is C14H24N2OS. The van der Waals surface area contributed by atoms with Crippen LogP contribution in [0, 0.1) is 0 Å². The van der Waals surface area contributed by atoms with Crippen LogP contribution in [0.2, 0.25) is 0 Å². The highest BCUT2D eigenvalue weighted by Crippen LogP contribution is 2.16. The zero-order valence-electron chi connectivity index (χ0n) is 11.6. The smallest absolute Gasteiger partial charge is 0.0858 e. The second-order valence-corrected chi connectivity index (χ2v) is 6.01. The minimum atomic E-state index is 0.297. The Kier molecular flexibility index (Phi) is 5.18. The van der Waals surface area contributed by atoms with Gasteiger partial charge in [-0.05, 0) is 49.7 Å². The maximum Gasteiger partial charge on any atom is 0.0858 e. The van der Waals surface area contributed by atoms with Crippen LogP contribution in [0.15, 0.2) is 16.8 Å². The molecule has 1 aromatic rings. The molecule has 1 N–H and O–H groups in total. The van der Waals surface area contributed by atoms with Crippen molar-refractivity contribution in [1.29, 1.82) is 0 Å². The van der Waals surface area contributed by atoms with Gasteiger partial charge in [-0.15, -0.1) is 0 Å². The highest BCUT2D eigenvalue weighted by Gasteiger charge is 2.28.